The molecule has 0 radical (unpaired) electrons. The molecule has 0 fully saturated rings. The van der Waals surface area contributed by atoms with Gasteiger partial charge in [0.1, 0.15) is 10.0 Å². The molecular weight excluding hydrogens is 206 g/mol. The third kappa shape index (κ3) is 5.23. The van der Waals surface area contributed by atoms with Crippen LogP contribution < -0.4 is 5.32 Å². The zero-order valence-corrected chi connectivity index (χ0v) is 10.9. The summed E-state index contributed by atoms with van der Waals surface area (Å²) < 4.78 is 0. The largest absolute Gasteiger partial charge is 0.320 e. The predicted molar refractivity (Wildman–Crippen MR) is 65.3 cm³/mol. The Balaban J connectivity index is 2.42. The summed E-state index contributed by atoms with van der Waals surface area (Å²) in [7, 11) is 1.98. The Hall–Kier alpha value is -0.480. The molecule has 0 aliphatic heterocycles. The van der Waals surface area contributed by atoms with Crippen LogP contribution >= 0.6 is 11.3 Å². The van der Waals surface area contributed by atoms with E-state index in [0.717, 1.165) is 25.8 Å². The Morgan fingerprint density at radius 3 is 2.47 bits per heavy atom. The van der Waals surface area contributed by atoms with E-state index < -0.39 is 0 Å². The Kier molecular flexibility index (Phi) is 4.67. The molecule has 1 heterocycles. The second kappa shape index (κ2) is 5.56. The Morgan fingerprint density at radius 1 is 1.20 bits per heavy atom. The van der Waals surface area contributed by atoms with Crippen LogP contribution in [0, 0.1) is 5.41 Å². The average molecular weight is 227 g/mol. The van der Waals surface area contributed by atoms with Crippen LogP contribution in [0.2, 0.25) is 0 Å². The van der Waals surface area contributed by atoms with Crippen molar-refractivity contribution in [1.29, 1.82) is 0 Å². The molecule has 15 heavy (non-hydrogen) atoms. The minimum absolute atomic E-state index is 0.307. The van der Waals surface area contributed by atoms with Crippen molar-refractivity contribution in [3.63, 3.8) is 0 Å². The molecule has 1 rings (SSSR count). The lowest BCUT2D eigenvalue weighted by Gasteiger charge is -2.14. The highest BCUT2D eigenvalue weighted by molar-refractivity contribution is 7.11. The molecule has 1 N–H and O–H groups in total. The number of hydrogen-bond donors (Lipinski definition) is 1. The van der Waals surface area contributed by atoms with Crippen molar-refractivity contribution in [3.8, 4) is 0 Å². The van der Waals surface area contributed by atoms with Gasteiger partial charge >= 0.3 is 0 Å². The summed E-state index contributed by atoms with van der Waals surface area (Å²) >= 11 is 1.76. The lowest BCUT2D eigenvalue weighted by Crippen LogP contribution is -2.08. The Morgan fingerprint density at radius 2 is 1.87 bits per heavy atom. The van der Waals surface area contributed by atoms with Gasteiger partial charge in [0.05, 0.1) is 0 Å². The van der Waals surface area contributed by atoms with Crippen LogP contribution in [0.25, 0.3) is 0 Å². The van der Waals surface area contributed by atoms with Gasteiger partial charge in [-0.2, -0.15) is 0 Å². The molecule has 0 unspecified atom stereocenters. The van der Waals surface area contributed by atoms with Crippen molar-refractivity contribution >= 4 is 11.3 Å². The normalized spacial score (nSPS) is 12.0. The summed E-state index contributed by atoms with van der Waals surface area (Å²) in [4.78, 5) is 0. The standard InChI is InChI=1S/C11H21N3S/c1-11(2,3)8-10-14-13-9(15-10)6-5-7-12-4/h12H,5-8H2,1-4H3. The van der Waals surface area contributed by atoms with E-state index >= 15 is 0 Å². The van der Waals surface area contributed by atoms with Gasteiger partial charge in [0.25, 0.3) is 0 Å². The maximum atomic E-state index is 4.23. The van der Waals surface area contributed by atoms with Crippen LogP contribution in [0.15, 0.2) is 0 Å². The fraction of sp³-hybridized carbons (Fsp3) is 0.818. The molecule has 86 valence electrons. The van der Waals surface area contributed by atoms with Gasteiger partial charge < -0.3 is 5.32 Å². The van der Waals surface area contributed by atoms with Crippen molar-refractivity contribution < 1.29 is 0 Å². The molecular formula is C11H21N3S. The van der Waals surface area contributed by atoms with E-state index in [1.165, 1.54) is 10.0 Å². The second-order valence-electron chi connectivity index (χ2n) is 5.03. The minimum atomic E-state index is 0.307. The SMILES string of the molecule is CNCCCc1nnc(CC(C)(C)C)s1. The zero-order valence-electron chi connectivity index (χ0n) is 10.1. The molecule has 0 saturated heterocycles. The van der Waals surface area contributed by atoms with Crippen molar-refractivity contribution in [2.45, 2.75) is 40.0 Å². The monoisotopic (exact) mass is 227 g/mol. The number of aromatic nitrogens is 2. The smallest absolute Gasteiger partial charge is 0.117 e. The molecule has 4 heteroatoms. The summed E-state index contributed by atoms with van der Waals surface area (Å²) in [6.45, 7) is 7.74. The molecule has 0 spiro atoms. The molecule has 3 nitrogen and oxygen atoms in total. The number of aryl methyl sites for hydroxylation is 1. The van der Waals surface area contributed by atoms with Gasteiger partial charge in [0.15, 0.2) is 0 Å². The number of nitrogens with zero attached hydrogens (tertiary/aromatic N) is 2. The third-order valence-corrected chi connectivity index (χ3v) is 2.99. The summed E-state index contributed by atoms with van der Waals surface area (Å²) in [5.74, 6) is 0. The van der Waals surface area contributed by atoms with E-state index in [-0.39, 0.29) is 0 Å². The van der Waals surface area contributed by atoms with Gasteiger partial charge in [-0.05, 0) is 25.4 Å². The Bertz CT molecular complexity index is 288. The first kappa shape index (κ1) is 12.6. The molecule has 0 bridgehead atoms. The summed E-state index contributed by atoms with van der Waals surface area (Å²) in [6, 6.07) is 0. The molecule has 1 aromatic heterocycles. The number of hydrogen-bond acceptors (Lipinski definition) is 4. The van der Waals surface area contributed by atoms with E-state index in [2.05, 4.69) is 36.3 Å². The van der Waals surface area contributed by atoms with Crippen molar-refractivity contribution in [1.82, 2.24) is 15.5 Å². The molecule has 1 aromatic rings. The van der Waals surface area contributed by atoms with Crippen LogP contribution in [0.5, 0.6) is 0 Å². The predicted octanol–water partition coefficient (Wildman–Crippen LogP) is 2.28. The zero-order chi connectivity index (χ0) is 11.3. The number of rotatable bonds is 5. The lowest BCUT2D eigenvalue weighted by molar-refractivity contribution is 0.409. The molecule has 0 saturated carbocycles. The highest BCUT2D eigenvalue weighted by atomic mass is 32.1. The summed E-state index contributed by atoms with van der Waals surface area (Å²) in [5, 5.41) is 13.9. The van der Waals surface area contributed by atoms with Gasteiger partial charge in [-0.25, -0.2) is 0 Å². The van der Waals surface area contributed by atoms with E-state index in [9.17, 15) is 0 Å². The van der Waals surface area contributed by atoms with E-state index in [1.54, 1.807) is 11.3 Å². The minimum Gasteiger partial charge on any atom is -0.320 e. The average Bonchev–Trinajstić information content (AvgIpc) is 2.50. The maximum Gasteiger partial charge on any atom is 0.117 e. The Labute approximate surface area is 96.3 Å². The lowest BCUT2D eigenvalue weighted by atomic mass is 9.93. The first-order chi connectivity index (χ1) is 7.01. The van der Waals surface area contributed by atoms with E-state index in [1.807, 2.05) is 7.05 Å². The number of nitrogens with one attached hydrogen (secondary N) is 1. The first-order valence-corrected chi connectivity index (χ1v) is 6.29. The fourth-order valence-corrected chi connectivity index (χ4v) is 2.52. The van der Waals surface area contributed by atoms with E-state index in [4.69, 9.17) is 0 Å². The quantitative estimate of drug-likeness (QED) is 0.784. The highest BCUT2D eigenvalue weighted by Crippen LogP contribution is 2.23. The van der Waals surface area contributed by atoms with Gasteiger partial charge in [-0.15, -0.1) is 21.5 Å². The van der Waals surface area contributed by atoms with Crippen LogP contribution in [0.3, 0.4) is 0 Å². The van der Waals surface area contributed by atoms with Crippen molar-refractivity contribution in [2.24, 2.45) is 5.41 Å². The first-order valence-electron chi connectivity index (χ1n) is 5.47. The van der Waals surface area contributed by atoms with Crippen molar-refractivity contribution in [3.05, 3.63) is 10.0 Å². The van der Waals surface area contributed by atoms with Gasteiger partial charge in [0.2, 0.25) is 0 Å². The van der Waals surface area contributed by atoms with Crippen LogP contribution in [-0.4, -0.2) is 23.8 Å². The maximum absolute atomic E-state index is 4.23. The third-order valence-electron chi connectivity index (χ3n) is 2.01. The van der Waals surface area contributed by atoms with Gasteiger partial charge in [0, 0.05) is 12.8 Å². The topological polar surface area (TPSA) is 37.8 Å². The summed E-state index contributed by atoms with van der Waals surface area (Å²) in [6.07, 6.45) is 3.21. The van der Waals surface area contributed by atoms with E-state index in [0.29, 0.717) is 5.41 Å². The van der Waals surface area contributed by atoms with Gasteiger partial charge in [-0.3, -0.25) is 0 Å². The molecule has 0 atom stereocenters. The molecule has 0 aromatic carbocycles. The van der Waals surface area contributed by atoms with Crippen LogP contribution in [0.4, 0.5) is 0 Å². The van der Waals surface area contributed by atoms with Crippen LogP contribution in [-0.2, 0) is 12.8 Å². The molecule has 0 amide bonds. The highest BCUT2D eigenvalue weighted by Gasteiger charge is 2.14. The molecule has 0 aliphatic carbocycles. The second-order valence-corrected chi connectivity index (χ2v) is 6.18. The van der Waals surface area contributed by atoms with Gasteiger partial charge in [-0.1, -0.05) is 20.8 Å². The summed E-state index contributed by atoms with van der Waals surface area (Å²) in [5.41, 5.74) is 0.307. The fourth-order valence-electron chi connectivity index (χ4n) is 1.33. The van der Waals surface area contributed by atoms with Crippen molar-refractivity contribution in [2.75, 3.05) is 13.6 Å². The molecule has 0 aliphatic rings. The van der Waals surface area contributed by atoms with Crippen LogP contribution in [0.1, 0.15) is 37.2 Å².